The summed E-state index contributed by atoms with van der Waals surface area (Å²) in [5.41, 5.74) is 0. The van der Waals surface area contributed by atoms with Crippen LogP contribution in [0.15, 0.2) is 0 Å². The Kier molecular flexibility index (Phi) is 7.72. The smallest absolute Gasteiger partial charge is 0.234 e. The third kappa shape index (κ3) is 6.71. The minimum atomic E-state index is 0.101. The first-order valence-electron chi connectivity index (χ1n) is 7.63. The average Bonchev–Trinajstić information content (AvgIpc) is 2.55. The van der Waals surface area contributed by atoms with Crippen molar-refractivity contribution in [3.63, 3.8) is 0 Å². The van der Waals surface area contributed by atoms with Gasteiger partial charge in [0.25, 0.3) is 0 Å². The van der Waals surface area contributed by atoms with Crippen molar-refractivity contribution in [2.24, 2.45) is 0 Å². The third-order valence-corrected chi connectivity index (χ3v) is 3.72. The number of nitrogens with zero attached hydrogens (tertiary/aromatic N) is 1. The number of nitrogens with one attached hydrogen (secondary N) is 1. The van der Waals surface area contributed by atoms with Gasteiger partial charge >= 0.3 is 0 Å². The van der Waals surface area contributed by atoms with Crippen molar-refractivity contribution in [2.75, 3.05) is 19.6 Å². The molecule has 0 aromatic carbocycles. The Bertz CT molecular complexity index is 292. The standard InChI is InChI=1S/C15H28N2O2/c1-3-4-9-16-15(19)12-17-10-7-5-6-8-14(17)11-13(2)18/h14H,3-12H2,1-2H3,(H,16,19). The molecular weight excluding hydrogens is 240 g/mol. The SMILES string of the molecule is CCCCNC(=O)CN1CCCCCC1CC(C)=O. The molecule has 19 heavy (non-hydrogen) atoms. The summed E-state index contributed by atoms with van der Waals surface area (Å²) < 4.78 is 0. The molecule has 0 bridgehead atoms. The van der Waals surface area contributed by atoms with Gasteiger partial charge in [0.05, 0.1) is 6.54 Å². The van der Waals surface area contributed by atoms with Crippen molar-refractivity contribution in [3.05, 3.63) is 0 Å². The van der Waals surface area contributed by atoms with E-state index in [-0.39, 0.29) is 17.7 Å². The Morgan fingerprint density at radius 1 is 1.26 bits per heavy atom. The van der Waals surface area contributed by atoms with Gasteiger partial charge in [-0.3, -0.25) is 14.5 Å². The fourth-order valence-electron chi connectivity index (χ4n) is 2.65. The van der Waals surface area contributed by atoms with Crippen LogP contribution in [0.3, 0.4) is 0 Å². The van der Waals surface area contributed by atoms with Gasteiger partial charge in [0.2, 0.25) is 5.91 Å². The predicted octanol–water partition coefficient (Wildman–Crippen LogP) is 2.13. The van der Waals surface area contributed by atoms with E-state index in [0.29, 0.717) is 13.0 Å². The number of unbranched alkanes of at least 4 members (excludes halogenated alkanes) is 1. The van der Waals surface area contributed by atoms with Gasteiger partial charge in [-0.05, 0) is 32.7 Å². The average molecular weight is 268 g/mol. The Morgan fingerprint density at radius 2 is 2.05 bits per heavy atom. The predicted molar refractivity (Wildman–Crippen MR) is 77.0 cm³/mol. The van der Waals surface area contributed by atoms with Crippen LogP contribution in [-0.2, 0) is 9.59 Å². The fraction of sp³-hybridized carbons (Fsp3) is 0.867. The maximum atomic E-state index is 11.9. The lowest BCUT2D eigenvalue weighted by Crippen LogP contribution is -2.43. The summed E-state index contributed by atoms with van der Waals surface area (Å²) in [6, 6.07) is 0.261. The summed E-state index contributed by atoms with van der Waals surface area (Å²) in [5, 5.41) is 2.96. The number of hydrogen-bond acceptors (Lipinski definition) is 3. The van der Waals surface area contributed by atoms with Gasteiger partial charge < -0.3 is 5.32 Å². The molecule has 0 aliphatic carbocycles. The van der Waals surface area contributed by atoms with Gasteiger partial charge in [-0.2, -0.15) is 0 Å². The van der Waals surface area contributed by atoms with Crippen LogP contribution in [0.25, 0.3) is 0 Å². The Hall–Kier alpha value is -0.900. The van der Waals surface area contributed by atoms with Gasteiger partial charge in [0.15, 0.2) is 0 Å². The fourth-order valence-corrected chi connectivity index (χ4v) is 2.65. The second kappa shape index (κ2) is 9.08. The molecule has 1 saturated heterocycles. The lowest BCUT2D eigenvalue weighted by molar-refractivity contribution is -0.124. The maximum Gasteiger partial charge on any atom is 0.234 e. The summed E-state index contributed by atoms with van der Waals surface area (Å²) in [7, 11) is 0. The van der Waals surface area contributed by atoms with E-state index in [1.807, 2.05) is 0 Å². The van der Waals surface area contributed by atoms with Gasteiger partial charge in [-0.1, -0.05) is 26.2 Å². The van der Waals surface area contributed by atoms with Crippen LogP contribution in [-0.4, -0.2) is 42.3 Å². The molecule has 4 heteroatoms. The molecule has 1 fully saturated rings. The molecule has 0 aromatic heterocycles. The van der Waals surface area contributed by atoms with E-state index in [0.717, 1.165) is 38.8 Å². The van der Waals surface area contributed by atoms with Gasteiger partial charge in [-0.25, -0.2) is 0 Å². The summed E-state index contributed by atoms with van der Waals surface area (Å²) in [5.74, 6) is 0.326. The Labute approximate surface area is 116 Å². The molecule has 1 aliphatic rings. The second-order valence-corrected chi connectivity index (χ2v) is 5.58. The minimum Gasteiger partial charge on any atom is -0.355 e. The zero-order chi connectivity index (χ0) is 14.1. The summed E-state index contributed by atoms with van der Waals surface area (Å²) >= 11 is 0. The number of amides is 1. The van der Waals surface area contributed by atoms with Crippen LogP contribution in [0.4, 0.5) is 0 Å². The first-order valence-corrected chi connectivity index (χ1v) is 7.63. The van der Waals surface area contributed by atoms with Crippen molar-refractivity contribution in [1.29, 1.82) is 0 Å². The van der Waals surface area contributed by atoms with Gasteiger partial charge in [-0.15, -0.1) is 0 Å². The zero-order valence-electron chi connectivity index (χ0n) is 12.4. The molecule has 1 amide bonds. The summed E-state index contributed by atoms with van der Waals surface area (Å²) in [4.78, 5) is 25.4. The minimum absolute atomic E-state index is 0.101. The van der Waals surface area contributed by atoms with Crippen LogP contribution in [0.5, 0.6) is 0 Å². The summed E-state index contributed by atoms with van der Waals surface area (Å²) in [6.45, 7) is 5.91. The lowest BCUT2D eigenvalue weighted by Gasteiger charge is -2.28. The first-order chi connectivity index (χ1) is 9.13. The highest BCUT2D eigenvalue weighted by Crippen LogP contribution is 2.19. The van der Waals surface area contributed by atoms with Crippen LogP contribution < -0.4 is 5.32 Å². The van der Waals surface area contributed by atoms with E-state index in [1.165, 1.54) is 12.8 Å². The third-order valence-electron chi connectivity index (χ3n) is 3.72. The van der Waals surface area contributed by atoms with Crippen LogP contribution >= 0.6 is 0 Å². The van der Waals surface area contributed by atoms with E-state index in [9.17, 15) is 9.59 Å². The molecule has 0 aromatic rings. The van der Waals surface area contributed by atoms with Crippen LogP contribution in [0.2, 0.25) is 0 Å². The summed E-state index contributed by atoms with van der Waals surface area (Å²) in [6.07, 6.45) is 7.27. The van der Waals surface area contributed by atoms with Crippen LogP contribution in [0, 0.1) is 0 Å². The zero-order valence-corrected chi connectivity index (χ0v) is 12.4. The molecule has 0 saturated carbocycles. The number of rotatable bonds is 7. The number of ketones is 1. The van der Waals surface area contributed by atoms with E-state index in [2.05, 4.69) is 17.1 Å². The lowest BCUT2D eigenvalue weighted by atomic mass is 10.0. The highest BCUT2D eigenvalue weighted by molar-refractivity contribution is 5.78. The highest BCUT2D eigenvalue weighted by Gasteiger charge is 2.23. The molecule has 1 aliphatic heterocycles. The van der Waals surface area contributed by atoms with E-state index in [1.54, 1.807) is 6.92 Å². The normalized spacial score (nSPS) is 20.8. The largest absolute Gasteiger partial charge is 0.355 e. The van der Waals surface area contributed by atoms with Gasteiger partial charge in [0.1, 0.15) is 5.78 Å². The molecular formula is C15H28N2O2. The molecule has 1 atom stereocenters. The number of carbonyl (C=O) groups excluding carboxylic acids is 2. The van der Waals surface area contributed by atoms with E-state index < -0.39 is 0 Å². The quantitative estimate of drug-likeness (QED) is 0.720. The Balaban J connectivity index is 2.45. The van der Waals surface area contributed by atoms with E-state index >= 15 is 0 Å². The number of Topliss-reactive ketones (excluding diaryl/α,β-unsaturated/α-hetero) is 1. The topological polar surface area (TPSA) is 49.4 Å². The number of carbonyl (C=O) groups is 2. The van der Waals surface area contributed by atoms with Crippen molar-refractivity contribution >= 4 is 11.7 Å². The highest BCUT2D eigenvalue weighted by atomic mass is 16.2. The van der Waals surface area contributed by atoms with Crippen molar-refractivity contribution in [1.82, 2.24) is 10.2 Å². The molecule has 110 valence electrons. The second-order valence-electron chi connectivity index (χ2n) is 5.58. The van der Waals surface area contributed by atoms with Crippen molar-refractivity contribution < 1.29 is 9.59 Å². The van der Waals surface area contributed by atoms with Crippen molar-refractivity contribution in [2.45, 2.75) is 64.8 Å². The maximum absolute atomic E-state index is 11.9. The number of likely N-dealkylation sites (tertiary alicyclic amines) is 1. The first kappa shape index (κ1) is 16.2. The molecule has 1 rings (SSSR count). The monoisotopic (exact) mass is 268 g/mol. The van der Waals surface area contributed by atoms with Crippen LogP contribution in [0.1, 0.15) is 58.8 Å². The molecule has 4 nitrogen and oxygen atoms in total. The van der Waals surface area contributed by atoms with Gasteiger partial charge in [0, 0.05) is 19.0 Å². The number of hydrogen-bond donors (Lipinski definition) is 1. The van der Waals surface area contributed by atoms with E-state index in [4.69, 9.17) is 0 Å². The molecule has 0 spiro atoms. The molecule has 0 radical (unpaired) electrons. The molecule has 1 N–H and O–H groups in total. The van der Waals surface area contributed by atoms with Crippen molar-refractivity contribution in [3.8, 4) is 0 Å². The molecule has 1 unspecified atom stereocenters. The molecule has 1 heterocycles. The Morgan fingerprint density at radius 3 is 2.74 bits per heavy atom.